The fraction of sp³-hybridized carbons (Fsp3) is 0.426. The summed E-state index contributed by atoms with van der Waals surface area (Å²) in [6, 6.07) is 2.82. The quantitative estimate of drug-likeness (QED) is 0.0954. The zero-order valence-corrected chi connectivity index (χ0v) is 36.2. The van der Waals surface area contributed by atoms with Crippen LogP contribution < -0.4 is 26.2 Å². The van der Waals surface area contributed by atoms with E-state index in [4.69, 9.17) is 28.9 Å². The Morgan fingerprint density at radius 2 is 1.47 bits per heavy atom. The van der Waals surface area contributed by atoms with Crippen LogP contribution in [0.2, 0.25) is 0 Å². The number of anilines is 3. The summed E-state index contributed by atoms with van der Waals surface area (Å²) < 4.78 is 0. The lowest BCUT2D eigenvalue weighted by atomic mass is 9.85. The number of phenolic OH excluding ortho intramolecular Hbond substituents is 1. The Morgan fingerprint density at radius 1 is 0.806 bits per heavy atom. The highest BCUT2D eigenvalue weighted by Crippen LogP contribution is 2.50. The average molecular weight is 875 g/mol. The zero-order chi connectivity index (χ0) is 42.5. The zero-order valence-electron chi connectivity index (χ0n) is 34.7. The van der Waals surface area contributed by atoms with Crippen LogP contribution in [0.5, 0.6) is 5.75 Å². The molecule has 4 aromatic rings. The first kappa shape index (κ1) is 38.3. The van der Waals surface area contributed by atoms with Crippen molar-refractivity contribution in [2.45, 2.75) is 82.3 Å². The Hall–Kier alpha value is -5.37. The van der Waals surface area contributed by atoms with Gasteiger partial charge in [0.2, 0.25) is 11.8 Å². The monoisotopic (exact) mass is 873 g/mol. The second kappa shape index (κ2) is 13.8. The van der Waals surface area contributed by atoms with Crippen LogP contribution in [-0.4, -0.2) is 98.8 Å². The molecule has 2 aliphatic carbocycles. The number of amides is 4. The minimum atomic E-state index is -0.439. The third-order valence-electron chi connectivity index (χ3n) is 15.3. The van der Waals surface area contributed by atoms with Crippen LogP contribution in [0.3, 0.4) is 0 Å². The van der Waals surface area contributed by atoms with E-state index in [1.165, 1.54) is 11.1 Å². The Morgan fingerprint density at radius 3 is 2.19 bits per heavy atom. The SMILES string of the molecule is Cc1c[nH]c2c(N)cc3c(c12)C(CCl)CN3C(=O)C1CC2C3=C(C=CC2N1)N(C(=O)N1CCC2=C1CCC1=C2CC(C(=O)N2CC(CCl)c4c2cc(O)c2[nH]cc(C)c42)N1)CC3. The molecule has 6 atom stereocenters. The number of benzene rings is 2. The predicted molar refractivity (Wildman–Crippen MR) is 242 cm³/mol. The van der Waals surface area contributed by atoms with Crippen LogP contribution in [0, 0.1) is 19.8 Å². The molecule has 0 saturated carbocycles. The molecule has 320 valence electrons. The van der Waals surface area contributed by atoms with Crippen molar-refractivity contribution >= 4 is 79.9 Å². The number of hydrogen-bond donors (Lipinski definition) is 6. The van der Waals surface area contributed by atoms with Gasteiger partial charge in [-0.25, -0.2) is 4.79 Å². The second-order valence-electron chi connectivity index (χ2n) is 18.5. The number of nitrogens with two attached hydrogens (primary N) is 1. The number of nitrogens with zero attached hydrogens (tertiary/aromatic N) is 4. The maximum atomic E-state index is 14.6. The molecule has 0 radical (unpaired) electrons. The fourth-order valence-corrected chi connectivity index (χ4v) is 13.0. The molecule has 0 bridgehead atoms. The highest BCUT2D eigenvalue weighted by molar-refractivity contribution is 6.20. The average Bonchev–Trinajstić information content (AvgIpc) is 4.13. The summed E-state index contributed by atoms with van der Waals surface area (Å²) in [7, 11) is 0. The van der Waals surface area contributed by atoms with E-state index >= 15 is 0 Å². The van der Waals surface area contributed by atoms with Gasteiger partial charge in [-0.05, 0) is 97.1 Å². The van der Waals surface area contributed by atoms with E-state index in [0.717, 1.165) is 98.3 Å². The van der Waals surface area contributed by atoms with Crippen LogP contribution in [0.25, 0.3) is 21.8 Å². The molecule has 6 aliphatic heterocycles. The van der Waals surface area contributed by atoms with Gasteiger partial charge in [0, 0.05) is 114 Å². The summed E-state index contributed by atoms with van der Waals surface area (Å²) in [4.78, 5) is 57.4. The molecule has 13 nitrogen and oxygen atoms in total. The molecule has 8 aliphatic rings. The first-order chi connectivity index (χ1) is 30.0. The molecular formula is C47H49Cl2N9O4. The molecule has 15 heteroatoms. The Bertz CT molecular complexity index is 2830. The number of aromatic hydroxyl groups is 1. The maximum absolute atomic E-state index is 14.6. The second-order valence-corrected chi connectivity index (χ2v) is 19.1. The molecule has 2 aromatic heterocycles. The van der Waals surface area contributed by atoms with Gasteiger partial charge >= 0.3 is 6.03 Å². The van der Waals surface area contributed by atoms with Gasteiger partial charge in [0.15, 0.2) is 0 Å². The van der Waals surface area contributed by atoms with Crippen LogP contribution in [0.4, 0.5) is 21.9 Å². The van der Waals surface area contributed by atoms with E-state index in [1.807, 2.05) is 45.0 Å². The molecule has 8 heterocycles. The maximum Gasteiger partial charge on any atom is 0.328 e. The number of phenols is 1. The number of aryl methyl sites for hydroxylation is 2. The van der Waals surface area contributed by atoms with Gasteiger partial charge in [-0.1, -0.05) is 6.08 Å². The smallest absolute Gasteiger partial charge is 0.328 e. The summed E-state index contributed by atoms with van der Waals surface area (Å²) >= 11 is 13.0. The van der Waals surface area contributed by atoms with E-state index < -0.39 is 6.04 Å². The number of carbonyl (C=O) groups is 3. The van der Waals surface area contributed by atoms with Gasteiger partial charge in [-0.2, -0.15) is 0 Å². The van der Waals surface area contributed by atoms with Crippen molar-refractivity contribution in [3.63, 3.8) is 0 Å². The van der Waals surface area contributed by atoms with Gasteiger partial charge in [-0.3, -0.25) is 24.7 Å². The van der Waals surface area contributed by atoms with Gasteiger partial charge in [0.05, 0.1) is 34.1 Å². The first-order valence-electron chi connectivity index (χ1n) is 22.0. The number of carbonyl (C=O) groups excluding carboxylic acids is 3. The van der Waals surface area contributed by atoms with Crippen LogP contribution >= 0.6 is 23.2 Å². The number of fused-ring (bicyclic) bond motifs is 9. The van der Waals surface area contributed by atoms with Crippen LogP contribution in [0.1, 0.15) is 72.6 Å². The lowest BCUT2D eigenvalue weighted by molar-refractivity contribution is -0.121. The molecule has 4 amide bonds. The largest absolute Gasteiger partial charge is 0.506 e. The van der Waals surface area contributed by atoms with Crippen molar-refractivity contribution in [2.24, 2.45) is 5.92 Å². The fourth-order valence-electron chi connectivity index (χ4n) is 12.5. The highest BCUT2D eigenvalue weighted by Gasteiger charge is 2.48. The van der Waals surface area contributed by atoms with E-state index in [2.05, 4.69) is 39.7 Å². The molecule has 6 unspecified atom stereocenters. The topological polar surface area (TPSA) is 166 Å². The summed E-state index contributed by atoms with van der Waals surface area (Å²) in [6.45, 7) is 6.25. The molecule has 62 heavy (non-hydrogen) atoms. The van der Waals surface area contributed by atoms with Crippen molar-refractivity contribution in [3.8, 4) is 5.75 Å². The summed E-state index contributed by atoms with van der Waals surface area (Å²) in [6.07, 6.45) is 12.3. The summed E-state index contributed by atoms with van der Waals surface area (Å²) in [5.41, 5.74) is 21.2. The van der Waals surface area contributed by atoms with Crippen LogP contribution in [-0.2, 0) is 9.59 Å². The molecule has 7 N–H and O–H groups in total. The van der Waals surface area contributed by atoms with E-state index in [-0.39, 0.29) is 53.4 Å². The minimum Gasteiger partial charge on any atom is -0.506 e. The summed E-state index contributed by atoms with van der Waals surface area (Å²) in [5.74, 6) is 0.994. The summed E-state index contributed by atoms with van der Waals surface area (Å²) in [5, 5.41) is 20.2. The Kier molecular flexibility index (Phi) is 8.54. The number of nitrogens with one attached hydrogen (secondary N) is 4. The normalized spacial score (nSPS) is 27.2. The Labute approximate surface area is 368 Å². The van der Waals surface area contributed by atoms with Crippen LogP contribution in [0.15, 0.2) is 70.5 Å². The lowest BCUT2D eigenvalue weighted by Gasteiger charge is -2.30. The number of hydrogen-bond acceptors (Lipinski definition) is 7. The van der Waals surface area contributed by atoms with Crippen molar-refractivity contribution < 1.29 is 19.5 Å². The van der Waals surface area contributed by atoms with Crippen molar-refractivity contribution in [1.82, 2.24) is 30.4 Å². The molecule has 2 aromatic carbocycles. The van der Waals surface area contributed by atoms with Gasteiger partial charge in [-0.15, -0.1) is 23.2 Å². The van der Waals surface area contributed by atoms with Crippen molar-refractivity contribution in [3.05, 3.63) is 92.7 Å². The molecule has 12 rings (SSSR count). The number of alkyl halides is 2. The lowest BCUT2D eigenvalue weighted by Crippen LogP contribution is -2.45. The number of H-pyrrole nitrogens is 2. The van der Waals surface area contributed by atoms with Gasteiger partial charge in [0.25, 0.3) is 0 Å². The number of allylic oxidation sites excluding steroid dienone is 3. The predicted octanol–water partition coefficient (Wildman–Crippen LogP) is 6.96. The van der Waals surface area contributed by atoms with Crippen molar-refractivity contribution in [1.29, 1.82) is 0 Å². The Balaban J connectivity index is 0.750. The highest BCUT2D eigenvalue weighted by atomic mass is 35.5. The standard InChI is InChI=1S/C47H49Cl2N9O4/c1-21-17-51-43-29(50)13-36-41(39(21)43)23(15-48)19-57(36)45(60)32-11-27-25-7-9-55(34(25)5-3-30(27)53-32)47(62)56-10-8-26-28-12-33(54-31(28)4-6-35(26)56)46(61)58-20-24(16-49)42-37(58)14-38(59)44-40(42)22(2)18-52-44/h3,5,13-14,17-18,23-24,27,30,32-33,51-54,59H,4,6-12,15-16,19-20,50H2,1-2H3. The first-order valence-corrected chi connectivity index (χ1v) is 23.1. The third-order valence-corrected chi connectivity index (χ3v) is 16.1. The number of rotatable bonds is 4. The van der Waals surface area contributed by atoms with Crippen molar-refractivity contribution in [2.75, 3.05) is 53.5 Å². The number of nitrogen functional groups attached to an aromatic ring is 1. The number of halogens is 2. The minimum absolute atomic E-state index is 0.000946. The number of aromatic amines is 2. The third kappa shape index (κ3) is 5.27. The van der Waals surface area contributed by atoms with E-state index in [0.29, 0.717) is 62.0 Å². The van der Waals surface area contributed by atoms with Gasteiger partial charge < -0.3 is 35.9 Å². The van der Waals surface area contributed by atoms with E-state index in [9.17, 15) is 19.5 Å². The molecule has 0 spiro atoms. The van der Waals surface area contributed by atoms with E-state index in [1.54, 1.807) is 6.07 Å². The molecule has 1 saturated heterocycles. The molecular weight excluding hydrogens is 825 g/mol. The number of aromatic nitrogens is 2. The van der Waals surface area contributed by atoms with Gasteiger partial charge in [0.1, 0.15) is 11.8 Å². The molecule has 1 fully saturated rings. The number of urea groups is 1.